The van der Waals surface area contributed by atoms with Gasteiger partial charge in [0.2, 0.25) is 0 Å². The molecule has 1 aromatic carbocycles. The van der Waals surface area contributed by atoms with E-state index in [2.05, 4.69) is 27.1 Å². The SMILES string of the molecule is CCN(C)CC(O)CNC(=O)c1ccc(C#Cc2c(N)ncc3ccc(Cl)cc23)nc1. The first kappa shape index (κ1) is 22.5. The number of halogens is 1. The van der Waals surface area contributed by atoms with Crippen LogP contribution in [0.2, 0.25) is 5.02 Å². The second-order valence-electron chi connectivity index (χ2n) is 7.15. The van der Waals surface area contributed by atoms with Crippen molar-refractivity contribution in [1.82, 2.24) is 20.2 Å². The maximum Gasteiger partial charge on any atom is 0.252 e. The van der Waals surface area contributed by atoms with Crippen LogP contribution in [0, 0.1) is 11.8 Å². The minimum absolute atomic E-state index is 0.167. The van der Waals surface area contributed by atoms with Crippen LogP contribution in [0.1, 0.15) is 28.5 Å². The molecule has 0 bridgehead atoms. The molecule has 0 saturated carbocycles. The quantitative estimate of drug-likeness (QED) is 0.511. The maximum absolute atomic E-state index is 12.3. The van der Waals surface area contributed by atoms with Crippen molar-refractivity contribution >= 4 is 34.1 Å². The summed E-state index contributed by atoms with van der Waals surface area (Å²) in [6, 6.07) is 8.74. The van der Waals surface area contributed by atoms with Crippen LogP contribution in [-0.2, 0) is 0 Å². The van der Waals surface area contributed by atoms with Crippen molar-refractivity contribution in [3.63, 3.8) is 0 Å². The second kappa shape index (κ2) is 10.2. The van der Waals surface area contributed by atoms with Gasteiger partial charge in [-0.3, -0.25) is 4.79 Å². The molecule has 31 heavy (non-hydrogen) atoms. The number of benzene rings is 1. The molecule has 0 aliphatic carbocycles. The van der Waals surface area contributed by atoms with Gasteiger partial charge in [0.25, 0.3) is 5.91 Å². The van der Waals surface area contributed by atoms with Gasteiger partial charge >= 0.3 is 0 Å². The van der Waals surface area contributed by atoms with E-state index in [1.165, 1.54) is 6.20 Å². The molecule has 3 rings (SSSR count). The van der Waals surface area contributed by atoms with Crippen molar-refractivity contribution in [2.24, 2.45) is 0 Å². The topological polar surface area (TPSA) is 104 Å². The molecule has 4 N–H and O–H groups in total. The van der Waals surface area contributed by atoms with Crippen molar-refractivity contribution in [2.45, 2.75) is 13.0 Å². The van der Waals surface area contributed by atoms with Crippen LogP contribution < -0.4 is 11.1 Å². The third-order valence-electron chi connectivity index (χ3n) is 4.79. The number of carbonyl (C=O) groups excluding carboxylic acids is 1. The lowest BCUT2D eigenvalue weighted by Crippen LogP contribution is -2.38. The number of aromatic nitrogens is 2. The normalized spacial score (nSPS) is 11.8. The van der Waals surface area contributed by atoms with Gasteiger partial charge in [0.1, 0.15) is 11.5 Å². The van der Waals surface area contributed by atoms with E-state index in [1.807, 2.05) is 24.9 Å². The molecule has 7 nitrogen and oxygen atoms in total. The van der Waals surface area contributed by atoms with Crippen molar-refractivity contribution in [3.8, 4) is 11.8 Å². The zero-order valence-corrected chi connectivity index (χ0v) is 18.1. The summed E-state index contributed by atoms with van der Waals surface area (Å²) in [7, 11) is 1.91. The first-order valence-electron chi connectivity index (χ1n) is 9.84. The van der Waals surface area contributed by atoms with E-state index >= 15 is 0 Å². The predicted octanol–water partition coefficient (Wildman–Crippen LogP) is 2.31. The molecular weight excluding hydrogens is 414 g/mol. The number of carbonyl (C=O) groups is 1. The Kier molecular flexibility index (Phi) is 7.42. The van der Waals surface area contributed by atoms with E-state index in [9.17, 15) is 9.90 Å². The molecule has 1 unspecified atom stereocenters. The highest BCUT2D eigenvalue weighted by atomic mass is 35.5. The second-order valence-corrected chi connectivity index (χ2v) is 7.59. The number of rotatable bonds is 6. The van der Waals surface area contributed by atoms with Crippen molar-refractivity contribution in [3.05, 3.63) is 64.6 Å². The Balaban J connectivity index is 1.71. The standard InChI is InChI=1S/C23H24ClN5O2/c1-3-29(2)14-19(30)13-28-23(31)16-5-7-18(26-12-16)8-9-20-21-10-17(24)6-4-15(21)11-27-22(20)25/h4-7,10-12,19,30H,3,13-14H2,1-2H3,(H2,25,27)(H,28,31). The average Bonchev–Trinajstić information content (AvgIpc) is 2.77. The van der Waals surface area contributed by atoms with Crippen LogP contribution >= 0.6 is 11.6 Å². The Morgan fingerprint density at radius 2 is 2.06 bits per heavy atom. The molecule has 2 heterocycles. The summed E-state index contributed by atoms with van der Waals surface area (Å²) in [6.45, 7) is 3.48. The van der Waals surface area contributed by atoms with Gasteiger partial charge in [-0.05, 0) is 43.8 Å². The summed E-state index contributed by atoms with van der Waals surface area (Å²) in [4.78, 5) is 22.7. The molecule has 8 heteroatoms. The largest absolute Gasteiger partial charge is 0.390 e. The van der Waals surface area contributed by atoms with Gasteiger partial charge in [0.15, 0.2) is 0 Å². The van der Waals surface area contributed by atoms with Gasteiger partial charge in [-0.15, -0.1) is 0 Å². The van der Waals surface area contributed by atoms with Gasteiger partial charge < -0.3 is 21.1 Å². The number of nitrogens with two attached hydrogens (primary N) is 1. The molecule has 0 saturated heterocycles. The van der Waals surface area contributed by atoms with Crippen LogP contribution in [-0.4, -0.2) is 58.7 Å². The van der Waals surface area contributed by atoms with Crippen molar-refractivity contribution in [2.75, 3.05) is 32.4 Å². The van der Waals surface area contributed by atoms with Crippen LogP contribution in [0.5, 0.6) is 0 Å². The van der Waals surface area contributed by atoms with Gasteiger partial charge in [-0.2, -0.15) is 0 Å². The van der Waals surface area contributed by atoms with E-state index in [0.29, 0.717) is 34.2 Å². The van der Waals surface area contributed by atoms with E-state index < -0.39 is 6.10 Å². The van der Waals surface area contributed by atoms with Crippen LogP contribution in [0.3, 0.4) is 0 Å². The van der Waals surface area contributed by atoms with Crippen LogP contribution in [0.25, 0.3) is 10.8 Å². The number of aliphatic hydroxyl groups excluding tert-OH is 1. The monoisotopic (exact) mass is 437 g/mol. The molecule has 160 valence electrons. The van der Waals surface area contributed by atoms with E-state index in [-0.39, 0.29) is 12.5 Å². The summed E-state index contributed by atoms with van der Waals surface area (Å²) < 4.78 is 0. The van der Waals surface area contributed by atoms with E-state index in [4.69, 9.17) is 17.3 Å². The Morgan fingerprint density at radius 3 is 2.77 bits per heavy atom. The number of hydrogen-bond acceptors (Lipinski definition) is 6. The summed E-state index contributed by atoms with van der Waals surface area (Å²) in [5.41, 5.74) is 7.46. The zero-order valence-electron chi connectivity index (χ0n) is 17.4. The summed E-state index contributed by atoms with van der Waals surface area (Å²) in [5, 5.41) is 15.0. The fourth-order valence-corrected chi connectivity index (χ4v) is 3.10. The number of amides is 1. The van der Waals surface area contributed by atoms with Gasteiger partial charge in [-0.25, -0.2) is 9.97 Å². The molecule has 1 amide bonds. The Bertz CT molecular complexity index is 1130. The number of nitrogens with one attached hydrogen (secondary N) is 1. The number of nitrogens with zero attached hydrogens (tertiary/aromatic N) is 3. The van der Waals surface area contributed by atoms with Gasteiger partial charge in [0, 0.05) is 41.3 Å². The summed E-state index contributed by atoms with van der Waals surface area (Å²) in [6.07, 6.45) is 2.49. The van der Waals surface area contributed by atoms with Gasteiger partial charge in [0.05, 0.1) is 17.2 Å². The lowest BCUT2D eigenvalue weighted by molar-refractivity contribution is 0.0883. The fraction of sp³-hybridized carbons (Fsp3) is 0.261. The molecule has 2 aromatic heterocycles. The molecule has 0 radical (unpaired) electrons. The highest BCUT2D eigenvalue weighted by molar-refractivity contribution is 6.31. The van der Waals surface area contributed by atoms with Crippen molar-refractivity contribution in [1.29, 1.82) is 0 Å². The third-order valence-corrected chi connectivity index (χ3v) is 5.02. The molecule has 1 atom stereocenters. The van der Waals surface area contributed by atoms with Crippen LogP contribution in [0.15, 0.2) is 42.7 Å². The number of anilines is 1. The van der Waals surface area contributed by atoms with E-state index in [1.54, 1.807) is 30.5 Å². The fourth-order valence-electron chi connectivity index (χ4n) is 2.93. The number of likely N-dealkylation sites (N-methyl/N-ethyl adjacent to an activating group) is 1. The summed E-state index contributed by atoms with van der Waals surface area (Å²) >= 11 is 6.11. The first-order valence-corrected chi connectivity index (χ1v) is 10.2. The van der Waals surface area contributed by atoms with Crippen LogP contribution in [0.4, 0.5) is 5.82 Å². The minimum atomic E-state index is -0.639. The Hall–Kier alpha value is -3.18. The maximum atomic E-state index is 12.3. The minimum Gasteiger partial charge on any atom is -0.390 e. The smallest absolute Gasteiger partial charge is 0.252 e. The number of pyridine rings is 2. The average molecular weight is 438 g/mol. The molecule has 3 aromatic rings. The lowest BCUT2D eigenvalue weighted by Gasteiger charge is -2.18. The molecular formula is C23H24ClN5O2. The highest BCUT2D eigenvalue weighted by Gasteiger charge is 2.11. The molecule has 0 aliphatic rings. The zero-order chi connectivity index (χ0) is 22.4. The Morgan fingerprint density at radius 1 is 1.26 bits per heavy atom. The number of fused-ring (bicyclic) bond motifs is 1. The van der Waals surface area contributed by atoms with Crippen molar-refractivity contribution < 1.29 is 9.90 Å². The highest BCUT2D eigenvalue weighted by Crippen LogP contribution is 2.24. The predicted molar refractivity (Wildman–Crippen MR) is 123 cm³/mol. The third kappa shape index (κ3) is 5.92. The van der Waals surface area contributed by atoms with E-state index in [0.717, 1.165) is 17.3 Å². The number of hydrogen-bond donors (Lipinski definition) is 3. The summed E-state index contributed by atoms with van der Waals surface area (Å²) in [5.74, 6) is 5.98. The van der Waals surface area contributed by atoms with Gasteiger partial charge in [-0.1, -0.05) is 30.5 Å². The number of aliphatic hydroxyl groups is 1. The Labute approximate surface area is 186 Å². The molecule has 0 aliphatic heterocycles. The molecule has 0 spiro atoms. The first-order chi connectivity index (χ1) is 14.9. The molecule has 0 fully saturated rings. The lowest BCUT2D eigenvalue weighted by atomic mass is 10.1. The number of nitrogen functional groups attached to an aromatic ring is 1.